The van der Waals surface area contributed by atoms with Crippen LogP contribution in [0.5, 0.6) is 5.75 Å². The molecule has 14 heteroatoms. The van der Waals surface area contributed by atoms with E-state index in [0.29, 0.717) is 43.0 Å². The maximum atomic E-state index is 10.4. The van der Waals surface area contributed by atoms with Gasteiger partial charge in [-0.05, 0) is 38.2 Å². The number of carboxylic acid groups (broad SMARTS) is 3. The molecule has 39 heavy (non-hydrogen) atoms. The minimum Gasteiger partial charge on any atom is -0.496 e. The van der Waals surface area contributed by atoms with E-state index in [1.54, 1.807) is 24.4 Å². The Bertz CT molecular complexity index is 979. The van der Waals surface area contributed by atoms with E-state index in [9.17, 15) is 14.4 Å². The number of oxazole rings is 1. The maximum Gasteiger partial charge on any atom is 0.320 e. The summed E-state index contributed by atoms with van der Waals surface area (Å²) in [6.45, 7) is 6.17. The van der Waals surface area contributed by atoms with Gasteiger partial charge in [-0.1, -0.05) is 32.0 Å². The highest BCUT2D eigenvalue weighted by molar-refractivity contribution is 5.75. The van der Waals surface area contributed by atoms with Crippen LogP contribution in [-0.2, 0) is 20.8 Å². The summed E-state index contributed by atoms with van der Waals surface area (Å²) in [5.41, 5.74) is 21.2. The van der Waals surface area contributed by atoms with Gasteiger partial charge in [0.25, 0.3) is 0 Å². The molecule has 1 aromatic heterocycles. The highest BCUT2D eigenvalue weighted by Crippen LogP contribution is 2.17. The van der Waals surface area contributed by atoms with Crippen LogP contribution in [0.2, 0.25) is 0 Å². The normalized spacial score (nSPS) is 11.2. The van der Waals surface area contributed by atoms with Crippen LogP contribution in [0.1, 0.15) is 44.4 Å². The molecule has 2 aromatic rings. The number of rotatable bonds is 11. The number of hydrogen-bond donors (Lipinski definition) is 7. The van der Waals surface area contributed by atoms with Crippen molar-refractivity contribution in [3.8, 4) is 5.75 Å². The van der Waals surface area contributed by atoms with Crippen LogP contribution in [0.4, 0.5) is 0 Å². The van der Waals surface area contributed by atoms with Crippen molar-refractivity contribution in [2.75, 3.05) is 13.7 Å². The van der Waals surface area contributed by atoms with Crippen molar-refractivity contribution >= 4 is 23.9 Å². The molecule has 0 aliphatic rings. The Morgan fingerprint density at radius 1 is 1.05 bits per heavy atom. The molecular formula is C25H42N6O8. The molecule has 14 nitrogen and oxygen atoms in total. The van der Waals surface area contributed by atoms with E-state index in [1.807, 2.05) is 26.8 Å². The molecule has 0 spiro atoms. The van der Waals surface area contributed by atoms with Gasteiger partial charge in [-0.15, -0.1) is 0 Å². The number of aliphatic imine (C=N–C) groups is 1. The Morgan fingerprint density at radius 3 is 2.00 bits per heavy atom. The van der Waals surface area contributed by atoms with E-state index in [2.05, 4.69) is 9.98 Å². The number of aliphatic carboxylic acids is 3. The zero-order chi connectivity index (χ0) is 30.4. The number of para-hydroxylation sites is 1. The van der Waals surface area contributed by atoms with E-state index in [-0.39, 0.29) is 12.4 Å². The third-order valence-corrected chi connectivity index (χ3v) is 4.42. The number of methoxy groups -OCH3 is 1. The number of nitrogens with zero attached hydrogens (tertiary/aromatic N) is 2. The average Bonchev–Trinajstić information content (AvgIpc) is 3.33. The Balaban J connectivity index is 0. The first-order chi connectivity index (χ1) is 18.2. The third-order valence-electron chi connectivity index (χ3n) is 4.42. The molecule has 0 fully saturated rings. The number of aryl methyl sites for hydroxylation is 1. The van der Waals surface area contributed by atoms with E-state index in [0.717, 1.165) is 5.76 Å². The monoisotopic (exact) mass is 554 g/mol. The van der Waals surface area contributed by atoms with Crippen molar-refractivity contribution in [3.63, 3.8) is 0 Å². The topological polar surface area (TPSA) is 264 Å². The molecule has 0 bridgehead atoms. The van der Waals surface area contributed by atoms with E-state index in [4.69, 9.17) is 47.4 Å². The van der Waals surface area contributed by atoms with Gasteiger partial charge >= 0.3 is 17.9 Å². The minimum absolute atomic E-state index is 0.00398. The summed E-state index contributed by atoms with van der Waals surface area (Å²) >= 11 is 0. The van der Waals surface area contributed by atoms with Crippen molar-refractivity contribution in [2.24, 2.45) is 33.8 Å². The lowest BCUT2D eigenvalue weighted by atomic mass is 10.1. The summed E-state index contributed by atoms with van der Waals surface area (Å²) in [6.07, 6.45) is 4.59. The van der Waals surface area contributed by atoms with Crippen molar-refractivity contribution in [2.45, 2.75) is 58.5 Å². The fourth-order valence-corrected chi connectivity index (χ4v) is 2.54. The lowest BCUT2D eigenvalue weighted by molar-refractivity contribution is -0.139. The standard InChI is InChI=1S/C9H10O3.C6H14N4O2.C6H13NO2.C4H5NO/c1-12-8-5-3-2-4-7(8)6-9(10)11;7-4(5(11)12)2-1-3-10-6(8)9;1-4(2)3-5(7)6(8)9;1-4-2-5-3-6-4/h2-5H,6H2,1H3,(H,10,11);4H,1-3,7H2,(H,11,12)(H4,8,9,10);4-5H,3,7H2,1-2H3,(H,8,9);2-3H,1H3/t;4-;5-;/m.00./s1. The zero-order valence-electron chi connectivity index (χ0n) is 22.8. The Labute approximate surface area is 228 Å². The molecular weight excluding hydrogens is 512 g/mol. The van der Waals surface area contributed by atoms with Gasteiger partial charge in [0.2, 0.25) is 0 Å². The van der Waals surface area contributed by atoms with Crippen LogP contribution in [-0.4, -0.2) is 69.9 Å². The summed E-state index contributed by atoms with van der Waals surface area (Å²) in [5.74, 6) is -0.909. The van der Waals surface area contributed by atoms with Crippen molar-refractivity contribution in [3.05, 3.63) is 48.2 Å². The molecule has 2 atom stereocenters. The van der Waals surface area contributed by atoms with Crippen LogP contribution < -0.4 is 27.7 Å². The first-order valence-electron chi connectivity index (χ1n) is 11.9. The second-order valence-electron chi connectivity index (χ2n) is 8.46. The summed E-state index contributed by atoms with van der Waals surface area (Å²) < 4.78 is 9.71. The second-order valence-corrected chi connectivity index (χ2v) is 8.46. The van der Waals surface area contributed by atoms with Gasteiger partial charge in [0, 0.05) is 12.1 Å². The van der Waals surface area contributed by atoms with Gasteiger partial charge in [-0.2, -0.15) is 0 Å². The number of ether oxygens (including phenoxy) is 1. The molecule has 0 aliphatic carbocycles. The summed E-state index contributed by atoms with van der Waals surface area (Å²) in [5, 5.41) is 25.2. The van der Waals surface area contributed by atoms with Crippen LogP contribution in [0.15, 0.2) is 46.3 Å². The van der Waals surface area contributed by atoms with Gasteiger partial charge < -0.3 is 47.4 Å². The van der Waals surface area contributed by atoms with Gasteiger partial charge in [-0.25, -0.2) is 4.98 Å². The number of hydrogen-bond acceptors (Lipinski definition) is 9. The fraction of sp³-hybridized carbons (Fsp3) is 0.480. The lowest BCUT2D eigenvalue weighted by Crippen LogP contribution is -2.31. The fourth-order valence-electron chi connectivity index (χ4n) is 2.54. The maximum absolute atomic E-state index is 10.4. The van der Waals surface area contributed by atoms with Crippen molar-refractivity contribution < 1.29 is 38.9 Å². The number of nitrogens with two attached hydrogens (primary N) is 4. The number of carboxylic acids is 3. The second kappa shape index (κ2) is 21.9. The molecule has 1 aromatic carbocycles. The molecule has 0 radical (unpaired) electrons. The van der Waals surface area contributed by atoms with Gasteiger partial charge in [-0.3, -0.25) is 19.4 Å². The van der Waals surface area contributed by atoms with Crippen molar-refractivity contribution in [1.82, 2.24) is 4.98 Å². The minimum atomic E-state index is -1.00. The number of guanidine groups is 1. The predicted molar refractivity (Wildman–Crippen MR) is 146 cm³/mol. The summed E-state index contributed by atoms with van der Waals surface area (Å²) in [4.78, 5) is 38.0. The first kappa shape index (κ1) is 37.0. The highest BCUT2D eigenvalue weighted by atomic mass is 16.5. The molecule has 0 saturated carbocycles. The highest BCUT2D eigenvalue weighted by Gasteiger charge is 2.12. The first-order valence-corrected chi connectivity index (χ1v) is 11.9. The SMILES string of the molecule is CC(C)C[C@H](N)C(=O)O.COc1ccccc1CC(=O)O.Cc1cnco1.NC(N)=NCCC[C@H](N)C(=O)O. The van der Waals surface area contributed by atoms with Crippen molar-refractivity contribution in [1.29, 1.82) is 0 Å². The van der Waals surface area contributed by atoms with E-state index in [1.165, 1.54) is 13.5 Å². The van der Waals surface area contributed by atoms with Gasteiger partial charge in [0.1, 0.15) is 23.6 Å². The lowest BCUT2D eigenvalue weighted by Gasteiger charge is -2.07. The number of aromatic nitrogens is 1. The quantitative estimate of drug-likeness (QED) is 0.117. The Morgan fingerprint density at radius 2 is 1.64 bits per heavy atom. The molecule has 0 aliphatic heterocycles. The summed E-state index contributed by atoms with van der Waals surface area (Å²) in [6, 6.07) is 5.58. The molecule has 1 heterocycles. The van der Waals surface area contributed by atoms with Gasteiger partial charge in [0.05, 0.1) is 19.7 Å². The molecule has 220 valence electrons. The zero-order valence-corrected chi connectivity index (χ0v) is 22.8. The number of benzene rings is 1. The summed E-state index contributed by atoms with van der Waals surface area (Å²) in [7, 11) is 1.53. The van der Waals surface area contributed by atoms with Crippen LogP contribution in [0, 0.1) is 12.8 Å². The van der Waals surface area contributed by atoms with Gasteiger partial charge in [0.15, 0.2) is 12.4 Å². The largest absolute Gasteiger partial charge is 0.496 e. The smallest absolute Gasteiger partial charge is 0.320 e. The van der Waals surface area contributed by atoms with Crippen LogP contribution in [0.3, 0.4) is 0 Å². The van der Waals surface area contributed by atoms with Crippen LogP contribution >= 0.6 is 0 Å². The molecule has 2 rings (SSSR count). The number of carbonyl (C=O) groups is 3. The third kappa shape index (κ3) is 22.7. The average molecular weight is 555 g/mol. The molecule has 0 amide bonds. The predicted octanol–water partition coefficient (Wildman–Crippen LogP) is 1.20. The molecule has 0 saturated heterocycles. The van der Waals surface area contributed by atoms with E-state index < -0.39 is 30.0 Å². The Hall–Kier alpha value is -4.17. The molecule has 11 N–H and O–H groups in total. The Kier molecular flexibility index (Phi) is 20.7. The van der Waals surface area contributed by atoms with Crippen LogP contribution in [0.25, 0.3) is 0 Å². The molecule has 0 unspecified atom stereocenters. The van der Waals surface area contributed by atoms with E-state index >= 15 is 0 Å².